The molecule has 0 aliphatic carbocycles. The van der Waals surface area contributed by atoms with E-state index >= 15 is 0 Å². The van der Waals surface area contributed by atoms with Crippen LogP contribution in [0.15, 0.2) is 0 Å². The highest BCUT2D eigenvalue weighted by atomic mass is 32.2. The second kappa shape index (κ2) is 8.01. The normalized spacial score (nSPS) is 26.5. The smallest absolute Gasteiger partial charge is 0.416 e. The molecule has 2 saturated heterocycles. The van der Waals surface area contributed by atoms with Crippen LogP contribution in [-0.4, -0.2) is 58.9 Å². The Labute approximate surface area is 140 Å². The predicted molar refractivity (Wildman–Crippen MR) is 88.9 cm³/mol. The lowest BCUT2D eigenvalue weighted by Gasteiger charge is -2.19. The Morgan fingerprint density at radius 3 is 2.86 bits per heavy atom. The molecule has 0 aromatic carbocycles. The molecule has 3 atom stereocenters. The highest BCUT2D eigenvalue weighted by Crippen LogP contribution is 2.37. The number of hydrogen-bond donors (Lipinski definition) is 1. The molecule has 6 nitrogen and oxygen atoms in total. The van der Waals surface area contributed by atoms with E-state index in [4.69, 9.17) is 21.7 Å². The van der Waals surface area contributed by atoms with Gasteiger partial charge in [0.2, 0.25) is 0 Å². The summed E-state index contributed by atoms with van der Waals surface area (Å²) < 4.78 is 9.72. The molecule has 124 valence electrons. The Kier molecular flexibility index (Phi) is 6.31. The van der Waals surface area contributed by atoms with Gasteiger partial charge in [-0.15, -0.1) is 0 Å². The van der Waals surface area contributed by atoms with Crippen molar-refractivity contribution in [3.8, 4) is 0 Å². The number of carbonyl (C=O) groups is 2. The summed E-state index contributed by atoms with van der Waals surface area (Å²) in [5, 5.41) is 4.19. The number of nitrogens with zero attached hydrogens (tertiary/aromatic N) is 1. The van der Waals surface area contributed by atoms with Crippen molar-refractivity contribution in [2.24, 2.45) is 0 Å². The number of hydrogen-bond acceptors (Lipinski definition) is 6. The maximum absolute atomic E-state index is 11.8. The minimum Gasteiger partial charge on any atom is -0.466 e. The monoisotopic (exact) mass is 346 g/mol. The number of rotatable bonds is 6. The number of thioether (sulfide) groups is 1. The zero-order valence-electron chi connectivity index (χ0n) is 12.9. The molecule has 2 rings (SSSR count). The number of nitrogens with one attached hydrogen (secondary N) is 1. The topological polar surface area (TPSA) is 67.9 Å². The van der Waals surface area contributed by atoms with Crippen molar-refractivity contribution in [2.45, 2.75) is 49.9 Å². The van der Waals surface area contributed by atoms with Gasteiger partial charge < -0.3 is 14.8 Å². The Bertz CT molecular complexity index is 447. The van der Waals surface area contributed by atoms with Crippen molar-refractivity contribution in [2.75, 3.05) is 19.5 Å². The van der Waals surface area contributed by atoms with Crippen molar-refractivity contribution in [3.63, 3.8) is 0 Å². The van der Waals surface area contributed by atoms with Crippen molar-refractivity contribution >= 4 is 41.2 Å². The fourth-order valence-electron chi connectivity index (χ4n) is 2.88. The molecule has 2 heterocycles. The lowest BCUT2D eigenvalue weighted by atomic mass is 10.0. The van der Waals surface area contributed by atoms with E-state index in [1.165, 1.54) is 14.0 Å². The quantitative estimate of drug-likeness (QED) is 0.448. The standard InChI is InChI=1S/C14H22N2O4S2/c1-9(17)20-7-5-3-4-6-11-12-10(8-22-11)16(13(21)15-12)14(18)19-2/h10-12H,3-8H2,1-2H3,(H,15,21). The lowest BCUT2D eigenvalue weighted by Crippen LogP contribution is -2.41. The fourth-order valence-corrected chi connectivity index (χ4v) is 4.82. The molecule has 0 aromatic heterocycles. The Balaban J connectivity index is 1.73. The van der Waals surface area contributed by atoms with Crippen molar-refractivity contribution < 1.29 is 19.1 Å². The fraction of sp³-hybridized carbons (Fsp3) is 0.786. The SMILES string of the molecule is COC(=O)N1C(=S)NC2C(CCCCCOC(C)=O)SCC21. The van der Waals surface area contributed by atoms with Crippen LogP contribution in [-0.2, 0) is 14.3 Å². The third kappa shape index (κ3) is 4.04. The molecule has 0 saturated carbocycles. The summed E-state index contributed by atoms with van der Waals surface area (Å²) in [6.45, 7) is 1.93. The maximum atomic E-state index is 11.8. The Hall–Kier alpha value is -1.02. The van der Waals surface area contributed by atoms with Gasteiger partial charge in [0, 0.05) is 17.9 Å². The number of ether oxygens (including phenoxy) is 2. The van der Waals surface area contributed by atoms with Crippen molar-refractivity contribution in [1.29, 1.82) is 0 Å². The average molecular weight is 346 g/mol. The highest BCUT2D eigenvalue weighted by Gasteiger charge is 2.48. The van der Waals surface area contributed by atoms with Gasteiger partial charge in [-0.2, -0.15) is 11.8 Å². The summed E-state index contributed by atoms with van der Waals surface area (Å²) >= 11 is 7.12. The van der Waals surface area contributed by atoms with Crippen LogP contribution in [0.3, 0.4) is 0 Å². The summed E-state index contributed by atoms with van der Waals surface area (Å²) in [5.41, 5.74) is 0. The van der Waals surface area contributed by atoms with Crippen molar-refractivity contribution in [1.82, 2.24) is 10.2 Å². The first-order valence-electron chi connectivity index (χ1n) is 7.47. The molecule has 1 amide bonds. The third-order valence-corrected chi connectivity index (χ3v) is 5.75. The zero-order valence-corrected chi connectivity index (χ0v) is 14.5. The van der Waals surface area contributed by atoms with Gasteiger partial charge in [-0.25, -0.2) is 9.69 Å². The third-order valence-electron chi connectivity index (χ3n) is 3.95. The van der Waals surface area contributed by atoms with Gasteiger partial charge >= 0.3 is 12.1 Å². The number of esters is 1. The van der Waals surface area contributed by atoms with Crippen LogP contribution in [0, 0.1) is 0 Å². The molecule has 0 radical (unpaired) electrons. The first-order chi connectivity index (χ1) is 10.5. The first kappa shape index (κ1) is 17.3. The molecule has 3 unspecified atom stereocenters. The van der Waals surface area contributed by atoms with E-state index in [0.717, 1.165) is 31.4 Å². The van der Waals surface area contributed by atoms with Gasteiger partial charge in [-0.05, 0) is 25.1 Å². The van der Waals surface area contributed by atoms with Gasteiger partial charge in [-0.3, -0.25) is 4.79 Å². The number of carbonyl (C=O) groups excluding carboxylic acids is 2. The van der Waals surface area contributed by atoms with Crippen LogP contribution < -0.4 is 5.32 Å². The van der Waals surface area contributed by atoms with Crippen LogP contribution >= 0.6 is 24.0 Å². The van der Waals surface area contributed by atoms with E-state index < -0.39 is 0 Å². The van der Waals surface area contributed by atoms with Crippen LogP contribution in [0.1, 0.15) is 32.6 Å². The number of thiocarbonyl (C=S) groups is 1. The summed E-state index contributed by atoms with van der Waals surface area (Å²) in [5.74, 6) is 0.658. The Morgan fingerprint density at radius 2 is 2.18 bits per heavy atom. The zero-order chi connectivity index (χ0) is 16.1. The van der Waals surface area contributed by atoms with E-state index in [-0.39, 0.29) is 24.1 Å². The van der Waals surface area contributed by atoms with Gasteiger partial charge in [0.05, 0.1) is 25.8 Å². The Morgan fingerprint density at radius 1 is 1.41 bits per heavy atom. The van der Waals surface area contributed by atoms with Crippen molar-refractivity contribution in [3.05, 3.63) is 0 Å². The molecular weight excluding hydrogens is 324 g/mol. The van der Waals surface area contributed by atoms with E-state index in [0.29, 0.717) is 17.0 Å². The number of unbranched alkanes of at least 4 members (excludes halogenated alkanes) is 2. The lowest BCUT2D eigenvalue weighted by molar-refractivity contribution is -0.141. The van der Waals surface area contributed by atoms with Gasteiger partial charge in [0.15, 0.2) is 5.11 Å². The minimum atomic E-state index is -0.382. The number of amides is 1. The summed E-state index contributed by atoms with van der Waals surface area (Å²) in [7, 11) is 1.38. The predicted octanol–water partition coefficient (Wildman–Crippen LogP) is 1.92. The molecule has 22 heavy (non-hydrogen) atoms. The van der Waals surface area contributed by atoms with Crippen LogP contribution in [0.4, 0.5) is 4.79 Å². The van der Waals surface area contributed by atoms with Crippen LogP contribution in [0.2, 0.25) is 0 Å². The largest absolute Gasteiger partial charge is 0.466 e. The molecular formula is C14H22N2O4S2. The molecule has 0 spiro atoms. The minimum absolute atomic E-state index is 0.0935. The van der Waals surface area contributed by atoms with Gasteiger partial charge in [-0.1, -0.05) is 12.8 Å². The second-order valence-electron chi connectivity index (χ2n) is 5.44. The number of methoxy groups -OCH3 is 1. The molecule has 2 aliphatic heterocycles. The van der Waals surface area contributed by atoms with E-state index in [1.807, 2.05) is 11.8 Å². The van der Waals surface area contributed by atoms with E-state index in [1.54, 1.807) is 4.90 Å². The second-order valence-corrected chi connectivity index (χ2v) is 7.10. The average Bonchev–Trinajstić information content (AvgIpc) is 3.00. The summed E-state index contributed by atoms with van der Waals surface area (Å²) in [6.07, 6.45) is 3.69. The molecule has 1 N–H and O–H groups in total. The summed E-state index contributed by atoms with van der Waals surface area (Å²) in [6, 6.07) is 0.307. The van der Waals surface area contributed by atoms with Gasteiger partial charge in [0.25, 0.3) is 0 Å². The van der Waals surface area contributed by atoms with E-state index in [9.17, 15) is 9.59 Å². The molecule has 0 bridgehead atoms. The molecule has 8 heteroatoms. The summed E-state index contributed by atoms with van der Waals surface area (Å²) in [4.78, 5) is 24.0. The van der Waals surface area contributed by atoms with Crippen LogP contribution in [0.5, 0.6) is 0 Å². The maximum Gasteiger partial charge on any atom is 0.416 e. The van der Waals surface area contributed by atoms with Gasteiger partial charge in [0.1, 0.15) is 0 Å². The first-order valence-corrected chi connectivity index (χ1v) is 8.93. The molecule has 2 fully saturated rings. The highest BCUT2D eigenvalue weighted by molar-refractivity contribution is 8.00. The number of fused-ring (bicyclic) bond motifs is 1. The molecule has 2 aliphatic rings. The van der Waals surface area contributed by atoms with E-state index in [2.05, 4.69) is 5.32 Å². The van der Waals surface area contributed by atoms with Crippen LogP contribution in [0.25, 0.3) is 0 Å². The molecule has 0 aromatic rings.